The number of aliphatic hydroxyl groups excluding tert-OH is 2. The first kappa shape index (κ1) is 49.7. The molecular weight excluding hydrogens is 901 g/mol. The van der Waals surface area contributed by atoms with Crippen LogP contribution in [0.4, 0.5) is 0 Å². The van der Waals surface area contributed by atoms with Crippen LogP contribution < -0.4 is 18.9 Å². The minimum absolute atomic E-state index is 0.0355. The summed E-state index contributed by atoms with van der Waals surface area (Å²) in [4.78, 5) is 25.0. The molecule has 3 aliphatic carbocycles. The number of thioether (sulfide) groups is 1. The Labute approximate surface area is 418 Å². The van der Waals surface area contributed by atoms with Crippen molar-refractivity contribution in [2.24, 2.45) is 28.8 Å². The highest BCUT2D eigenvalue weighted by molar-refractivity contribution is 7.99. The molecule has 1 amide bonds. The number of nitrogens with zero attached hydrogens (tertiary/aromatic N) is 2. The third-order valence-corrected chi connectivity index (χ3v) is 16.0. The molecule has 0 bridgehead atoms. The molecule has 70 heavy (non-hydrogen) atoms. The smallest absolute Gasteiger partial charge is 0.239 e. The molecule has 2 fully saturated rings. The third kappa shape index (κ3) is 11.6. The number of carbonyl (C=O) groups is 1. The highest BCUT2D eigenvalue weighted by Gasteiger charge is 2.65. The van der Waals surface area contributed by atoms with E-state index >= 15 is 4.79 Å². The second kappa shape index (κ2) is 24.2. The molecule has 2 saturated carbocycles. The van der Waals surface area contributed by atoms with Gasteiger partial charge in [0.1, 0.15) is 24.1 Å². The van der Waals surface area contributed by atoms with Crippen molar-refractivity contribution in [1.29, 1.82) is 0 Å². The summed E-state index contributed by atoms with van der Waals surface area (Å²) in [5.41, 5.74) is 4.71. The van der Waals surface area contributed by atoms with Gasteiger partial charge in [-0.1, -0.05) is 110 Å². The predicted octanol–water partition coefficient (Wildman–Crippen LogP) is 11.4. The van der Waals surface area contributed by atoms with E-state index in [9.17, 15) is 10.2 Å². The molecule has 0 radical (unpaired) electrons. The van der Waals surface area contributed by atoms with Gasteiger partial charge in [0.2, 0.25) is 18.5 Å². The van der Waals surface area contributed by atoms with Crippen LogP contribution in [0.2, 0.25) is 0 Å². The predicted molar refractivity (Wildman–Crippen MR) is 273 cm³/mol. The average Bonchev–Trinajstić information content (AvgIpc) is 4.10. The van der Waals surface area contributed by atoms with Crippen LogP contribution in [0.3, 0.4) is 0 Å². The van der Waals surface area contributed by atoms with E-state index in [1.807, 2.05) is 71.6 Å². The molecule has 4 aromatic carbocycles. The fourth-order valence-corrected chi connectivity index (χ4v) is 12.5. The molecule has 2 heterocycles. The minimum Gasteiger partial charge on any atom is -0.493 e. The van der Waals surface area contributed by atoms with Crippen LogP contribution in [0, 0.1) is 23.7 Å². The van der Waals surface area contributed by atoms with Crippen LogP contribution in [0.15, 0.2) is 131 Å². The molecule has 12 heteroatoms. The third-order valence-electron chi connectivity index (χ3n) is 15.0. The molecule has 0 aromatic heterocycles. The molecule has 6 atom stereocenters. The van der Waals surface area contributed by atoms with Crippen LogP contribution in [-0.4, -0.2) is 77.5 Å². The fraction of sp³-hybridized carbons (Fsp3) is 0.483. The molecule has 5 aliphatic rings. The number of rotatable bonds is 25. The molecule has 4 aromatic rings. The zero-order chi connectivity index (χ0) is 48.1. The van der Waals surface area contributed by atoms with Gasteiger partial charge < -0.3 is 43.6 Å². The van der Waals surface area contributed by atoms with Gasteiger partial charge in [-0.05, 0) is 109 Å². The van der Waals surface area contributed by atoms with Gasteiger partial charge in [-0.25, -0.2) is 0 Å². The Morgan fingerprint density at radius 3 is 2.40 bits per heavy atom. The van der Waals surface area contributed by atoms with E-state index in [1.54, 1.807) is 17.8 Å². The van der Waals surface area contributed by atoms with E-state index in [1.165, 1.54) is 17.7 Å². The fourth-order valence-electron chi connectivity index (χ4n) is 11.7. The lowest BCUT2D eigenvalue weighted by Gasteiger charge is -2.60. The van der Waals surface area contributed by atoms with Crippen LogP contribution >= 0.6 is 11.8 Å². The van der Waals surface area contributed by atoms with Gasteiger partial charge in [0.15, 0.2) is 11.5 Å². The van der Waals surface area contributed by atoms with E-state index in [4.69, 9.17) is 33.7 Å². The highest BCUT2D eigenvalue weighted by atomic mass is 32.2. The second-order valence-corrected chi connectivity index (χ2v) is 20.6. The Morgan fingerprint density at radius 1 is 0.857 bits per heavy atom. The van der Waals surface area contributed by atoms with Crippen LogP contribution in [0.25, 0.3) is 0 Å². The zero-order valence-corrected chi connectivity index (χ0v) is 41.3. The summed E-state index contributed by atoms with van der Waals surface area (Å²) in [5, 5.41) is 25.3. The van der Waals surface area contributed by atoms with Gasteiger partial charge >= 0.3 is 0 Å². The summed E-state index contributed by atoms with van der Waals surface area (Å²) in [6, 6.07) is 31.9. The maximum absolute atomic E-state index is 15.4. The molecule has 0 saturated heterocycles. The molecule has 372 valence electrons. The Hall–Kier alpha value is -5.27. The lowest BCUT2D eigenvalue weighted by Crippen LogP contribution is -2.70. The highest BCUT2D eigenvalue weighted by Crippen LogP contribution is 2.62. The Kier molecular flexibility index (Phi) is 17.2. The van der Waals surface area contributed by atoms with Crippen LogP contribution in [0.1, 0.15) is 106 Å². The van der Waals surface area contributed by atoms with Crippen molar-refractivity contribution in [3.05, 3.63) is 138 Å². The normalized spacial score (nSPS) is 23.8. The van der Waals surface area contributed by atoms with Crippen molar-refractivity contribution < 1.29 is 43.5 Å². The Bertz CT molecular complexity index is 2410. The van der Waals surface area contributed by atoms with Crippen molar-refractivity contribution in [1.82, 2.24) is 4.90 Å². The van der Waals surface area contributed by atoms with Gasteiger partial charge in [0.05, 0.1) is 24.8 Å². The van der Waals surface area contributed by atoms with Gasteiger partial charge in [0, 0.05) is 54.7 Å². The molecular formula is C58H70N2O9S. The molecule has 11 nitrogen and oxygen atoms in total. The summed E-state index contributed by atoms with van der Waals surface area (Å²) in [6.45, 7) is 5.79. The van der Waals surface area contributed by atoms with E-state index < -0.39 is 17.7 Å². The van der Waals surface area contributed by atoms with Gasteiger partial charge in [0.25, 0.3) is 0 Å². The SMILES string of the molecule is C=CCO[C@@]12Oc3ccc(OCCSc4ccccc4)cc3[C@H]3[C@H](CCCCO)[C@@H](CCCCO)C=C(C(=NOCc4ccccc4)C[C@@H]1N(Cc1ccc4c(c1)OCO4)C(=O)CCC1CCCC1)[C@H]32. The van der Waals surface area contributed by atoms with Gasteiger partial charge in [-0.15, -0.1) is 18.3 Å². The van der Waals surface area contributed by atoms with E-state index in [-0.39, 0.29) is 63.4 Å². The average molecular weight is 971 g/mol. The van der Waals surface area contributed by atoms with Crippen molar-refractivity contribution >= 4 is 23.4 Å². The van der Waals surface area contributed by atoms with E-state index in [0.29, 0.717) is 55.5 Å². The van der Waals surface area contributed by atoms with Crippen molar-refractivity contribution in [2.75, 3.05) is 39.0 Å². The number of unbranched alkanes of at least 4 members (excludes halogenated alkanes) is 2. The van der Waals surface area contributed by atoms with Gasteiger partial charge in [-0.3, -0.25) is 4.79 Å². The van der Waals surface area contributed by atoms with Crippen molar-refractivity contribution in [3.63, 3.8) is 0 Å². The number of aliphatic hydroxyl groups is 2. The first-order valence-electron chi connectivity index (χ1n) is 25.7. The van der Waals surface area contributed by atoms with Crippen LogP contribution in [-0.2, 0) is 27.5 Å². The zero-order valence-electron chi connectivity index (χ0n) is 40.5. The molecule has 2 N–H and O–H groups in total. The largest absolute Gasteiger partial charge is 0.493 e. The molecule has 0 unspecified atom stereocenters. The number of hydrogen-bond acceptors (Lipinski definition) is 11. The minimum atomic E-state index is -1.38. The molecule has 2 aliphatic heterocycles. The summed E-state index contributed by atoms with van der Waals surface area (Å²) >= 11 is 1.76. The number of benzene rings is 4. The summed E-state index contributed by atoms with van der Waals surface area (Å²) < 4.78 is 33.1. The first-order chi connectivity index (χ1) is 34.5. The number of allylic oxidation sites excluding steroid dienone is 1. The lowest BCUT2D eigenvalue weighted by atomic mass is 9.55. The number of carbonyl (C=O) groups excluding carboxylic acids is 1. The number of hydrogen-bond donors (Lipinski definition) is 2. The Balaban J connectivity index is 1.18. The maximum atomic E-state index is 15.4. The second-order valence-electron chi connectivity index (χ2n) is 19.4. The lowest BCUT2D eigenvalue weighted by molar-refractivity contribution is -0.258. The number of oxime groups is 1. The molecule has 0 spiro atoms. The first-order valence-corrected chi connectivity index (χ1v) is 26.7. The number of ether oxygens (including phenoxy) is 5. The quantitative estimate of drug-likeness (QED) is 0.0287. The van der Waals surface area contributed by atoms with Crippen LogP contribution in [0.5, 0.6) is 23.0 Å². The Morgan fingerprint density at radius 2 is 1.61 bits per heavy atom. The maximum Gasteiger partial charge on any atom is 0.239 e. The standard InChI is InChI=1S/C58H70N2O9S/c1-2-31-67-58-54(60(55(63)28-24-41-15-9-10-16-41)38-43-23-26-52-53(34-43)66-40-65-52)37-50(59-68-39-42-17-5-3-6-18-42)48-35-44(19-11-13-29-61)47(22-12-14-30-62)56(57(48)58)49-36-45(25-27-51(49)69-58)64-32-33-70-46-20-7-4-8-21-46/h2-8,17-18,20-21,23,25-27,34-36,41,44,47,54,56-57,61-62H,1,9-16,19,22,24,28-33,37-40H2/t44-,47+,54-,56+,57+,58+/m0/s1. The summed E-state index contributed by atoms with van der Waals surface area (Å²) in [5.74, 6) is 2.34. The summed E-state index contributed by atoms with van der Waals surface area (Å²) in [7, 11) is 0. The summed E-state index contributed by atoms with van der Waals surface area (Å²) in [6.07, 6.45) is 15.1. The van der Waals surface area contributed by atoms with Crippen molar-refractivity contribution in [3.8, 4) is 23.0 Å². The van der Waals surface area contributed by atoms with Gasteiger partial charge in [-0.2, -0.15) is 0 Å². The monoisotopic (exact) mass is 970 g/mol. The molecule has 9 rings (SSSR count). The number of amides is 1. The number of fused-ring (bicyclic) bond motifs is 3. The van der Waals surface area contributed by atoms with Crippen molar-refractivity contribution in [2.45, 2.75) is 119 Å². The topological polar surface area (TPSA) is 129 Å². The van der Waals surface area contributed by atoms with E-state index in [0.717, 1.165) is 84.4 Å². The van der Waals surface area contributed by atoms with E-state index in [2.05, 4.69) is 43.0 Å².